The highest BCUT2D eigenvalue weighted by Gasteiger charge is 2.27. The molecule has 176 valence electrons. The van der Waals surface area contributed by atoms with Gasteiger partial charge in [0.1, 0.15) is 17.6 Å². The fourth-order valence-corrected chi connectivity index (χ4v) is 4.90. The van der Waals surface area contributed by atoms with Gasteiger partial charge in [0.05, 0.1) is 18.2 Å². The van der Waals surface area contributed by atoms with Gasteiger partial charge in [-0.1, -0.05) is 18.2 Å². The molecule has 0 amide bonds. The molecule has 6 rings (SSSR count). The van der Waals surface area contributed by atoms with Crippen molar-refractivity contribution in [2.24, 2.45) is 5.92 Å². The Morgan fingerprint density at radius 1 is 1.11 bits per heavy atom. The van der Waals surface area contributed by atoms with Crippen molar-refractivity contribution in [3.05, 3.63) is 71.5 Å². The summed E-state index contributed by atoms with van der Waals surface area (Å²) in [6.45, 7) is 2.87. The predicted octanol–water partition coefficient (Wildman–Crippen LogP) is 7.11. The van der Waals surface area contributed by atoms with Crippen LogP contribution in [0.2, 0.25) is 0 Å². The molecule has 0 unspecified atom stereocenters. The van der Waals surface area contributed by atoms with Crippen molar-refractivity contribution in [1.82, 2.24) is 4.57 Å². The van der Waals surface area contributed by atoms with Gasteiger partial charge in [0.15, 0.2) is 17.3 Å². The number of carbonyl (C=O) groups excluding carboxylic acids is 1. The lowest BCUT2D eigenvalue weighted by Gasteiger charge is -2.11. The van der Waals surface area contributed by atoms with Gasteiger partial charge in [0.25, 0.3) is 0 Å². The van der Waals surface area contributed by atoms with Gasteiger partial charge in [0, 0.05) is 28.6 Å². The van der Waals surface area contributed by atoms with E-state index in [1.165, 1.54) is 25.0 Å². The standard InChI is InChI=1S/C29H24FNO4/c1-16-28-26(34-2)9-18(15-32)10-27(28)35-29(16)24-13-21-6-5-20(19-7-8-25(33)22(30)11-19)12-23(21)31(24)14-17-3-4-17/h5-13,15,17,33H,3-4,14H2,1-2H3. The number of nitrogens with zero attached hydrogens (tertiary/aromatic N) is 1. The van der Waals surface area contributed by atoms with Gasteiger partial charge >= 0.3 is 0 Å². The Bertz CT molecular complexity index is 1620. The molecule has 0 aliphatic heterocycles. The zero-order chi connectivity index (χ0) is 24.3. The zero-order valence-electron chi connectivity index (χ0n) is 19.5. The lowest BCUT2D eigenvalue weighted by Crippen LogP contribution is -2.02. The second-order valence-corrected chi connectivity index (χ2v) is 9.29. The largest absolute Gasteiger partial charge is 0.505 e. The van der Waals surface area contributed by atoms with Crippen LogP contribution in [0.5, 0.6) is 11.5 Å². The third-order valence-corrected chi connectivity index (χ3v) is 6.93. The zero-order valence-corrected chi connectivity index (χ0v) is 19.5. The molecule has 0 saturated heterocycles. The maximum atomic E-state index is 14.0. The molecule has 35 heavy (non-hydrogen) atoms. The van der Waals surface area contributed by atoms with Crippen molar-refractivity contribution < 1.29 is 23.4 Å². The number of phenolic OH excluding ortho intramolecular Hbond substituents is 1. The van der Waals surface area contributed by atoms with E-state index in [0.29, 0.717) is 28.4 Å². The third kappa shape index (κ3) is 3.57. The number of methoxy groups -OCH3 is 1. The van der Waals surface area contributed by atoms with Crippen LogP contribution in [0.1, 0.15) is 28.8 Å². The highest BCUT2D eigenvalue weighted by molar-refractivity contribution is 5.98. The summed E-state index contributed by atoms with van der Waals surface area (Å²) >= 11 is 0. The molecule has 2 aromatic heterocycles. The monoisotopic (exact) mass is 469 g/mol. The summed E-state index contributed by atoms with van der Waals surface area (Å²) in [6, 6.07) is 16.1. The van der Waals surface area contributed by atoms with Crippen molar-refractivity contribution in [2.45, 2.75) is 26.3 Å². The lowest BCUT2D eigenvalue weighted by molar-refractivity contribution is 0.112. The van der Waals surface area contributed by atoms with Crippen LogP contribution in [-0.2, 0) is 6.54 Å². The number of aromatic hydroxyl groups is 1. The van der Waals surface area contributed by atoms with Crippen molar-refractivity contribution in [3.8, 4) is 34.1 Å². The summed E-state index contributed by atoms with van der Waals surface area (Å²) in [4.78, 5) is 11.4. The van der Waals surface area contributed by atoms with Crippen molar-refractivity contribution >= 4 is 28.2 Å². The molecule has 1 N–H and O–H groups in total. The van der Waals surface area contributed by atoms with E-state index in [2.05, 4.69) is 16.7 Å². The number of carbonyl (C=O) groups is 1. The van der Waals surface area contributed by atoms with Crippen LogP contribution >= 0.6 is 0 Å². The van der Waals surface area contributed by atoms with E-state index in [4.69, 9.17) is 9.15 Å². The van der Waals surface area contributed by atoms with E-state index in [1.54, 1.807) is 25.3 Å². The number of fused-ring (bicyclic) bond motifs is 2. The molecule has 0 bridgehead atoms. The second-order valence-electron chi connectivity index (χ2n) is 9.29. The van der Waals surface area contributed by atoms with Gasteiger partial charge in [-0.15, -0.1) is 0 Å². The molecule has 0 radical (unpaired) electrons. The molecule has 5 nitrogen and oxygen atoms in total. The summed E-state index contributed by atoms with van der Waals surface area (Å²) in [6.07, 6.45) is 3.17. The summed E-state index contributed by atoms with van der Waals surface area (Å²) in [5.41, 5.74) is 5.64. The molecule has 0 spiro atoms. The number of aldehydes is 1. The van der Waals surface area contributed by atoms with Gasteiger partial charge in [-0.25, -0.2) is 4.39 Å². The molecular formula is C29H24FNO4. The second kappa shape index (κ2) is 8.01. The minimum Gasteiger partial charge on any atom is -0.505 e. The van der Waals surface area contributed by atoms with E-state index in [1.807, 2.05) is 19.1 Å². The smallest absolute Gasteiger partial charge is 0.165 e. The van der Waals surface area contributed by atoms with Crippen molar-refractivity contribution in [3.63, 3.8) is 0 Å². The number of ether oxygens (including phenoxy) is 1. The van der Waals surface area contributed by atoms with Gasteiger partial charge in [-0.2, -0.15) is 0 Å². The SMILES string of the molecule is COc1cc(C=O)cc2oc(-c3cc4ccc(-c5ccc(O)c(F)c5)cc4n3CC3CC3)c(C)c12. The van der Waals surface area contributed by atoms with Crippen molar-refractivity contribution in [1.29, 1.82) is 0 Å². The summed E-state index contributed by atoms with van der Waals surface area (Å²) < 4.78 is 28.2. The number of aromatic nitrogens is 1. The number of halogens is 1. The van der Waals surface area contributed by atoms with Gasteiger partial charge in [-0.3, -0.25) is 4.79 Å². The predicted molar refractivity (Wildman–Crippen MR) is 134 cm³/mol. The quantitative estimate of drug-likeness (QED) is 0.269. The first-order valence-electron chi connectivity index (χ1n) is 11.7. The van der Waals surface area contributed by atoms with E-state index in [9.17, 15) is 14.3 Å². The Morgan fingerprint density at radius 2 is 1.89 bits per heavy atom. The Hall–Kier alpha value is -4.06. The number of rotatable bonds is 6. The van der Waals surface area contributed by atoms with E-state index in [-0.39, 0.29) is 5.75 Å². The van der Waals surface area contributed by atoms with Crippen LogP contribution in [0.4, 0.5) is 4.39 Å². The van der Waals surface area contributed by atoms with Crippen LogP contribution in [-0.4, -0.2) is 23.1 Å². The molecule has 0 atom stereocenters. The van der Waals surface area contributed by atoms with Crippen LogP contribution < -0.4 is 4.74 Å². The van der Waals surface area contributed by atoms with E-state index in [0.717, 1.165) is 51.7 Å². The summed E-state index contributed by atoms with van der Waals surface area (Å²) in [5, 5.41) is 11.5. The average molecular weight is 470 g/mol. The first-order valence-corrected chi connectivity index (χ1v) is 11.7. The maximum Gasteiger partial charge on any atom is 0.165 e. The van der Waals surface area contributed by atoms with Gasteiger partial charge in [0.2, 0.25) is 0 Å². The Kier molecular flexibility index (Phi) is 4.92. The molecule has 2 heterocycles. The topological polar surface area (TPSA) is 64.6 Å². The molecule has 3 aromatic carbocycles. The van der Waals surface area contributed by atoms with Crippen LogP contribution in [0.3, 0.4) is 0 Å². The Balaban J connectivity index is 1.56. The van der Waals surface area contributed by atoms with E-state index < -0.39 is 5.82 Å². The highest BCUT2D eigenvalue weighted by atomic mass is 19.1. The molecule has 1 fully saturated rings. The molecule has 5 aromatic rings. The molecule has 1 aliphatic carbocycles. The van der Waals surface area contributed by atoms with Gasteiger partial charge < -0.3 is 18.8 Å². The molecule has 1 aliphatic rings. The number of hydrogen-bond acceptors (Lipinski definition) is 4. The van der Waals surface area contributed by atoms with Crippen LogP contribution in [0.25, 0.3) is 44.5 Å². The van der Waals surface area contributed by atoms with Crippen LogP contribution in [0, 0.1) is 18.7 Å². The molecule has 6 heteroatoms. The Labute approximate surface area is 201 Å². The Morgan fingerprint density at radius 3 is 2.60 bits per heavy atom. The average Bonchev–Trinajstić information content (AvgIpc) is 3.54. The minimum absolute atomic E-state index is 0.359. The normalized spacial score (nSPS) is 13.6. The maximum absolute atomic E-state index is 14.0. The minimum atomic E-state index is -0.641. The molecule has 1 saturated carbocycles. The third-order valence-electron chi connectivity index (χ3n) is 6.93. The summed E-state index contributed by atoms with van der Waals surface area (Å²) in [7, 11) is 1.59. The number of hydrogen-bond donors (Lipinski definition) is 1. The van der Waals surface area contributed by atoms with Gasteiger partial charge in [-0.05, 0) is 73.2 Å². The fourth-order valence-electron chi connectivity index (χ4n) is 4.90. The van der Waals surface area contributed by atoms with Crippen molar-refractivity contribution in [2.75, 3.05) is 7.11 Å². The number of aryl methyl sites for hydroxylation is 1. The highest BCUT2D eigenvalue weighted by Crippen LogP contribution is 2.42. The number of phenols is 1. The number of benzene rings is 3. The first kappa shape index (κ1) is 21.5. The molecular weight excluding hydrogens is 445 g/mol. The lowest BCUT2D eigenvalue weighted by atomic mass is 10.0. The number of furan rings is 1. The van der Waals surface area contributed by atoms with E-state index >= 15 is 0 Å². The first-order chi connectivity index (χ1) is 17.0. The summed E-state index contributed by atoms with van der Waals surface area (Å²) in [5.74, 6) is 0.968. The fraction of sp³-hybridized carbons (Fsp3) is 0.207. The van der Waals surface area contributed by atoms with Crippen LogP contribution in [0.15, 0.2) is 59.0 Å².